The fourth-order valence-electron chi connectivity index (χ4n) is 3.08. The number of amides is 2. The van der Waals surface area contributed by atoms with Crippen LogP contribution < -0.4 is 5.32 Å². The molecular weight excluding hydrogens is 433 g/mol. The number of pyridine rings is 1. The average Bonchev–Trinajstić information content (AvgIpc) is 2.78. The zero-order valence-electron chi connectivity index (χ0n) is 17.1. The van der Waals surface area contributed by atoms with Crippen LogP contribution in [-0.4, -0.2) is 27.7 Å². The molecule has 0 saturated carbocycles. The standard InChI is InChI=1S/C24H23Cl2N3O2/c1-17(24(31)28-15-22-4-2-3-13-27-22)29(16-19-7-11-21(26)12-8-19)23(30)14-18-5-9-20(25)10-6-18/h2-13,17H,14-16H2,1H3,(H,28,31). The Hall–Kier alpha value is -2.89. The lowest BCUT2D eigenvalue weighted by Crippen LogP contribution is -2.48. The van der Waals surface area contributed by atoms with E-state index in [2.05, 4.69) is 10.3 Å². The monoisotopic (exact) mass is 455 g/mol. The number of nitrogens with zero attached hydrogens (tertiary/aromatic N) is 2. The van der Waals surface area contributed by atoms with Gasteiger partial charge in [-0.2, -0.15) is 0 Å². The Morgan fingerprint density at radius 3 is 2.13 bits per heavy atom. The molecule has 3 aromatic rings. The predicted octanol–water partition coefficient (Wildman–Crippen LogP) is 4.66. The molecule has 1 aromatic heterocycles. The van der Waals surface area contributed by atoms with Crippen molar-refractivity contribution in [1.29, 1.82) is 0 Å². The van der Waals surface area contributed by atoms with Gasteiger partial charge in [-0.1, -0.05) is 53.5 Å². The largest absolute Gasteiger partial charge is 0.349 e. The molecule has 0 saturated heterocycles. The molecule has 2 amide bonds. The molecule has 1 atom stereocenters. The van der Waals surface area contributed by atoms with Crippen molar-refractivity contribution in [3.8, 4) is 0 Å². The van der Waals surface area contributed by atoms with Crippen LogP contribution in [0.2, 0.25) is 10.0 Å². The zero-order chi connectivity index (χ0) is 22.2. The van der Waals surface area contributed by atoms with Crippen molar-refractivity contribution >= 4 is 35.0 Å². The lowest BCUT2D eigenvalue weighted by atomic mass is 10.1. The fourth-order valence-corrected chi connectivity index (χ4v) is 3.33. The lowest BCUT2D eigenvalue weighted by Gasteiger charge is -2.29. The maximum atomic E-state index is 13.2. The summed E-state index contributed by atoms with van der Waals surface area (Å²) in [6.07, 6.45) is 1.84. The van der Waals surface area contributed by atoms with Gasteiger partial charge in [0.15, 0.2) is 0 Å². The third-order valence-corrected chi connectivity index (χ3v) is 5.38. The summed E-state index contributed by atoms with van der Waals surface area (Å²) in [5, 5.41) is 4.09. The van der Waals surface area contributed by atoms with Crippen molar-refractivity contribution in [2.45, 2.75) is 32.5 Å². The van der Waals surface area contributed by atoms with Crippen LogP contribution in [0.4, 0.5) is 0 Å². The Morgan fingerprint density at radius 1 is 0.935 bits per heavy atom. The summed E-state index contributed by atoms with van der Waals surface area (Å²) >= 11 is 11.9. The van der Waals surface area contributed by atoms with Gasteiger partial charge in [-0.15, -0.1) is 0 Å². The van der Waals surface area contributed by atoms with Crippen molar-refractivity contribution in [2.24, 2.45) is 0 Å². The van der Waals surface area contributed by atoms with Crippen LogP contribution in [0.3, 0.4) is 0 Å². The Kier molecular flexibility index (Phi) is 8.04. The number of benzene rings is 2. The van der Waals surface area contributed by atoms with E-state index < -0.39 is 6.04 Å². The molecule has 3 rings (SSSR count). The van der Waals surface area contributed by atoms with E-state index in [1.165, 1.54) is 0 Å². The second-order valence-corrected chi connectivity index (χ2v) is 8.04. The minimum absolute atomic E-state index is 0.155. The average molecular weight is 456 g/mol. The van der Waals surface area contributed by atoms with Gasteiger partial charge in [0.25, 0.3) is 0 Å². The summed E-state index contributed by atoms with van der Waals surface area (Å²) in [5.74, 6) is -0.401. The van der Waals surface area contributed by atoms with Crippen LogP contribution in [-0.2, 0) is 29.1 Å². The quantitative estimate of drug-likeness (QED) is 0.536. The van der Waals surface area contributed by atoms with Crippen molar-refractivity contribution in [3.05, 3.63) is 99.8 Å². The molecule has 1 unspecified atom stereocenters. The SMILES string of the molecule is CC(C(=O)NCc1ccccn1)N(Cc1ccc(Cl)cc1)C(=O)Cc1ccc(Cl)cc1. The first-order valence-corrected chi connectivity index (χ1v) is 10.6. The Morgan fingerprint density at radius 2 is 1.55 bits per heavy atom. The van der Waals surface area contributed by atoms with Gasteiger partial charge >= 0.3 is 0 Å². The second kappa shape index (κ2) is 10.9. The van der Waals surface area contributed by atoms with E-state index >= 15 is 0 Å². The molecule has 7 heteroatoms. The number of hydrogen-bond acceptors (Lipinski definition) is 3. The maximum absolute atomic E-state index is 13.2. The molecule has 2 aromatic carbocycles. The summed E-state index contributed by atoms with van der Waals surface area (Å²) < 4.78 is 0. The van der Waals surface area contributed by atoms with E-state index in [0.29, 0.717) is 23.1 Å². The van der Waals surface area contributed by atoms with E-state index in [4.69, 9.17) is 23.2 Å². The minimum atomic E-state index is -0.667. The number of rotatable bonds is 8. The lowest BCUT2D eigenvalue weighted by molar-refractivity contribution is -0.140. The van der Waals surface area contributed by atoms with Crippen molar-refractivity contribution < 1.29 is 9.59 Å². The number of carbonyl (C=O) groups excluding carboxylic acids is 2. The van der Waals surface area contributed by atoms with Gasteiger partial charge in [0.2, 0.25) is 11.8 Å². The first-order valence-electron chi connectivity index (χ1n) is 9.88. The van der Waals surface area contributed by atoms with Gasteiger partial charge < -0.3 is 10.2 Å². The topological polar surface area (TPSA) is 62.3 Å². The fraction of sp³-hybridized carbons (Fsp3) is 0.208. The molecule has 0 fully saturated rings. The van der Waals surface area contributed by atoms with Crippen LogP contribution in [0.5, 0.6) is 0 Å². The van der Waals surface area contributed by atoms with E-state index in [1.807, 2.05) is 42.5 Å². The van der Waals surface area contributed by atoms with E-state index in [0.717, 1.165) is 16.8 Å². The Bertz CT molecular complexity index is 1010. The van der Waals surface area contributed by atoms with Crippen LogP contribution in [0, 0.1) is 0 Å². The number of aromatic nitrogens is 1. The number of halogens is 2. The summed E-state index contributed by atoms with van der Waals surface area (Å²) in [4.78, 5) is 31.8. The van der Waals surface area contributed by atoms with E-state index in [-0.39, 0.29) is 18.2 Å². The van der Waals surface area contributed by atoms with Crippen molar-refractivity contribution in [1.82, 2.24) is 15.2 Å². The molecule has 0 aliphatic carbocycles. The molecule has 0 aliphatic rings. The Balaban J connectivity index is 1.74. The van der Waals surface area contributed by atoms with Crippen molar-refractivity contribution in [3.63, 3.8) is 0 Å². The summed E-state index contributed by atoms with van der Waals surface area (Å²) in [5.41, 5.74) is 2.47. The van der Waals surface area contributed by atoms with Gasteiger partial charge in [-0.05, 0) is 54.4 Å². The van der Waals surface area contributed by atoms with Crippen LogP contribution in [0.25, 0.3) is 0 Å². The van der Waals surface area contributed by atoms with Gasteiger partial charge in [0.1, 0.15) is 6.04 Å². The third kappa shape index (κ3) is 6.81. The van der Waals surface area contributed by atoms with Gasteiger partial charge in [-0.25, -0.2) is 0 Å². The number of nitrogens with one attached hydrogen (secondary N) is 1. The highest BCUT2D eigenvalue weighted by atomic mass is 35.5. The van der Waals surface area contributed by atoms with Crippen LogP contribution in [0.15, 0.2) is 72.9 Å². The molecular formula is C24H23Cl2N3O2. The minimum Gasteiger partial charge on any atom is -0.349 e. The molecule has 5 nitrogen and oxygen atoms in total. The first kappa shape index (κ1) is 22.8. The van der Waals surface area contributed by atoms with Crippen LogP contribution >= 0.6 is 23.2 Å². The summed E-state index contributed by atoms with van der Waals surface area (Å²) in [7, 11) is 0. The molecule has 0 aliphatic heterocycles. The van der Waals surface area contributed by atoms with Gasteiger partial charge in [0, 0.05) is 22.8 Å². The highest BCUT2D eigenvalue weighted by Gasteiger charge is 2.26. The van der Waals surface area contributed by atoms with Gasteiger partial charge in [-0.3, -0.25) is 14.6 Å². The van der Waals surface area contributed by atoms with Crippen LogP contribution in [0.1, 0.15) is 23.7 Å². The molecule has 31 heavy (non-hydrogen) atoms. The Labute approximate surface area is 192 Å². The summed E-state index contributed by atoms with van der Waals surface area (Å²) in [6.45, 7) is 2.31. The smallest absolute Gasteiger partial charge is 0.242 e. The second-order valence-electron chi connectivity index (χ2n) is 7.17. The normalized spacial score (nSPS) is 11.6. The molecule has 0 spiro atoms. The number of hydrogen-bond donors (Lipinski definition) is 1. The number of carbonyl (C=O) groups is 2. The predicted molar refractivity (Wildman–Crippen MR) is 123 cm³/mol. The molecule has 1 heterocycles. The van der Waals surface area contributed by atoms with Gasteiger partial charge in [0.05, 0.1) is 18.7 Å². The molecule has 1 N–H and O–H groups in total. The maximum Gasteiger partial charge on any atom is 0.242 e. The highest BCUT2D eigenvalue weighted by molar-refractivity contribution is 6.30. The highest BCUT2D eigenvalue weighted by Crippen LogP contribution is 2.16. The molecule has 160 valence electrons. The zero-order valence-corrected chi connectivity index (χ0v) is 18.6. The summed E-state index contributed by atoms with van der Waals surface area (Å²) in [6, 6.07) is 19.2. The molecule has 0 bridgehead atoms. The van der Waals surface area contributed by atoms with E-state index in [1.54, 1.807) is 42.3 Å². The van der Waals surface area contributed by atoms with Crippen molar-refractivity contribution in [2.75, 3.05) is 0 Å². The first-order chi connectivity index (χ1) is 14.9. The van der Waals surface area contributed by atoms with E-state index in [9.17, 15) is 9.59 Å². The third-order valence-electron chi connectivity index (χ3n) is 4.87. The molecule has 0 radical (unpaired) electrons.